The highest BCUT2D eigenvalue weighted by atomic mass is 35.5. The molecule has 3 rings (SSSR count). The van der Waals surface area contributed by atoms with E-state index >= 15 is 0 Å². The van der Waals surface area contributed by atoms with Crippen LogP contribution in [-0.2, 0) is 6.54 Å². The summed E-state index contributed by atoms with van der Waals surface area (Å²) >= 11 is 6.26. The molecule has 1 amide bonds. The molecule has 0 atom stereocenters. The van der Waals surface area contributed by atoms with Gasteiger partial charge >= 0.3 is 0 Å². The van der Waals surface area contributed by atoms with Gasteiger partial charge in [0.1, 0.15) is 5.75 Å². The lowest BCUT2D eigenvalue weighted by atomic mass is 10.0. The van der Waals surface area contributed by atoms with Crippen molar-refractivity contribution in [3.63, 3.8) is 0 Å². The van der Waals surface area contributed by atoms with Gasteiger partial charge in [-0.1, -0.05) is 41.9 Å². The Bertz CT molecular complexity index is 770. The molecule has 1 aliphatic rings. The first-order valence-electron chi connectivity index (χ1n) is 8.98. The fraction of sp³-hybridized carbons (Fsp3) is 0.381. The Kier molecular flexibility index (Phi) is 6.17. The molecule has 0 saturated carbocycles. The molecule has 4 nitrogen and oxygen atoms in total. The van der Waals surface area contributed by atoms with Crippen molar-refractivity contribution in [2.24, 2.45) is 0 Å². The molecule has 138 valence electrons. The van der Waals surface area contributed by atoms with Crippen LogP contribution in [0.25, 0.3) is 0 Å². The number of carbonyl (C=O) groups excluding carboxylic acids is 1. The van der Waals surface area contributed by atoms with Crippen LogP contribution in [0.5, 0.6) is 5.75 Å². The lowest BCUT2D eigenvalue weighted by Gasteiger charge is -2.32. The molecule has 1 N–H and O–H groups in total. The number of ether oxygens (including phenoxy) is 1. The van der Waals surface area contributed by atoms with Gasteiger partial charge in [-0.2, -0.15) is 0 Å². The minimum absolute atomic E-state index is 0.0514. The van der Waals surface area contributed by atoms with E-state index in [1.54, 1.807) is 7.11 Å². The smallest absolute Gasteiger partial charge is 0.255 e. The van der Waals surface area contributed by atoms with Crippen molar-refractivity contribution in [1.82, 2.24) is 10.2 Å². The zero-order valence-electron chi connectivity index (χ0n) is 15.3. The maximum absolute atomic E-state index is 12.7. The van der Waals surface area contributed by atoms with Gasteiger partial charge in [0, 0.05) is 30.7 Å². The molecule has 0 spiro atoms. The topological polar surface area (TPSA) is 41.6 Å². The Labute approximate surface area is 160 Å². The van der Waals surface area contributed by atoms with E-state index in [1.807, 2.05) is 43.3 Å². The number of piperidine rings is 1. The second kappa shape index (κ2) is 8.56. The molecule has 2 aromatic rings. The van der Waals surface area contributed by atoms with Crippen LogP contribution in [-0.4, -0.2) is 37.0 Å². The van der Waals surface area contributed by atoms with Crippen molar-refractivity contribution < 1.29 is 9.53 Å². The van der Waals surface area contributed by atoms with E-state index in [9.17, 15) is 4.79 Å². The summed E-state index contributed by atoms with van der Waals surface area (Å²) in [6.45, 7) is 4.68. The summed E-state index contributed by atoms with van der Waals surface area (Å²) in [5, 5.41) is 3.99. The number of benzene rings is 2. The highest BCUT2D eigenvalue weighted by molar-refractivity contribution is 6.31. The Morgan fingerprint density at radius 2 is 1.92 bits per heavy atom. The Balaban J connectivity index is 1.56. The summed E-state index contributed by atoms with van der Waals surface area (Å²) in [6, 6.07) is 13.8. The van der Waals surface area contributed by atoms with Gasteiger partial charge in [0.05, 0.1) is 12.7 Å². The molecule has 0 aliphatic carbocycles. The van der Waals surface area contributed by atoms with Crippen LogP contribution in [0.1, 0.15) is 34.3 Å². The van der Waals surface area contributed by atoms with E-state index in [0.29, 0.717) is 11.3 Å². The van der Waals surface area contributed by atoms with Gasteiger partial charge in [0.2, 0.25) is 0 Å². The van der Waals surface area contributed by atoms with Gasteiger partial charge < -0.3 is 10.1 Å². The van der Waals surface area contributed by atoms with Crippen LogP contribution < -0.4 is 10.1 Å². The number of nitrogens with zero attached hydrogens (tertiary/aromatic N) is 1. The van der Waals surface area contributed by atoms with Gasteiger partial charge in [-0.25, -0.2) is 0 Å². The number of likely N-dealkylation sites (tertiary alicyclic amines) is 1. The molecule has 0 radical (unpaired) electrons. The van der Waals surface area contributed by atoms with Gasteiger partial charge in [-0.15, -0.1) is 0 Å². The fourth-order valence-electron chi connectivity index (χ4n) is 3.46. The molecule has 0 unspecified atom stereocenters. The molecule has 0 bridgehead atoms. The molecule has 1 aliphatic heterocycles. The number of aryl methyl sites for hydroxylation is 1. The number of hydrogen-bond donors (Lipinski definition) is 1. The maximum Gasteiger partial charge on any atom is 0.255 e. The number of halogens is 1. The third-order valence-corrected chi connectivity index (χ3v) is 5.32. The summed E-state index contributed by atoms with van der Waals surface area (Å²) in [6.07, 6.45) is 1.87. The number of carbonyl (C=O) groups is 1. The van der Waals surface area contributed by atoms with Gasteiger partial charge in [-0.3, -0.25) is 9.69 Å². The van der Waals surface area contributed by atoms with E-state index in [0.717, 1.165) is 48.6 Å². The van der Waals surface area contributed by atoms with E-state index in [4.69, 9.17) is 16.3 Å². The van der Waals surface area contributed by atoms with Crippen LogP contribution in [0.2, 0.25) is 5.02 Å². The zero-order valence-corrected chi connectivity index (χ0v) is 16.1. The van der Waals surface area contributed by atoms with Crippen molar-refractivity contribution >= 4 is 17.5 Å². The number of hydrogen-bond acceptors (Lipinski definition) is 3. The minimum atomic E-state index is -0.0514. The molecular weight excluding hydrogens is 348 g/mol. The maximum atomic E-state index is 12.7. The Morgan fingerprint density at radius 3 is 2.62 bits per heavy atom. The lowest BCUT2D eigenvalue weighted by molar-refractivity contribution is 0.0905. The van der Waals surface area contributed by atoms with E-state index < -0.39 is 0 Å². The van der Waals surface area contributed by atoms with Gasteiger partial charge in [-0.05, 0) is 43.0 Å². The van der Waals surface area contributed by atoms with E-state index in [1.165, 1.54) is 0 Å². The van der Waals surface area contributed by atoms with Crippen molar-refractivity contribution in [2.75, 3.05) is 20.2 Å². The van der Waals surface area contributed by atoms with Crippen molar-refractivity contribution in [3.8, 4) is 5.75 Å². The first-order valence-corrected chi connectivity index (χ1v) is 9.36. The third kappa shape index (κ3) is 4.37. The Hall–Kier alpha value is -2.04. The van der Waals surface area contributed by atoms with Gasteiger partial charge in [0.15, 0.2) is 0 Å². The molecule has 26 heavy (non-hydrogen) atoms. The first kappa shape index (κ1) is 18.7. The molecule has 2 aromatic carbocycles. The van der Waals surface area contributed by atoms with Gasteiger partial charge in [0.25, 0.3) is 5.91 Å². The Morgan fingerprint density at radius 1 is 1.19 bits per heavy atom. The molecule has 1 saturated heterocycles. The lowest BCUT2D eigenvalue weighted by Crippen LogP contribution is -2.44. The molecular formula is C21H25ClN2O2. The average molecular weight is 373 g/mol. The highest BCUT2D eigenvalue weighted by Gasteiger charge is 2.23. The average Bonchev–Trinajstić information content (AvgIpc) is 2.64. The first-order chi connectivity index (χ1) is 12.6. The molecule has 1 heterocycles. The van der Waals surface area contributed by atoms with Crippen LogP contribution in [0.15, 0.2) is 42.5 Å². The second-order valence-electron chi connectivity index (χ2n) is 6.77. The number of nitrogens with one attached hydrogen (secondary N) is 1. The van der Waals surface area contributed by atoms with E-state index in [-0.39, 0.29) is 11.9 Å². The fourth-order valence-corrected chi connectivity index (χ4v) is 3.66. The van der Waals surface area contributed by atoms with Crippen LogP contribution in [0, 0.1) is 6.92 Å². The number of amides is 1. The van der Waals surface area contributed by atoms with Crippen LogP contribution in [0.4, 0.5) is 0 Å². The second-order valence-corrected chi connectivity index (χ2v) is 7.17. The summed E-state index contributed by atoms with van der Waals surface area (Å²) in [5.74, 6) is 0.572. The molecule has 5 heteroatoms. The summed E-state index contributed by atoms with van der Waals surface area (Å²) < 4.78 is 5.35. The minimum Gasteiger partial charge on any atom is -0.496 e. The van der Waals surface area contributed by atoms with Crippen LogP contribution >= 0.6 is 11.6 Å². The summed E-state index contributed by atoms with van der Waals surface area (Å²) in [7, 11) is 1.60. The number of rotatable bonds is 5. The van der Waals surface area contributed by atoms with Crippen LogP contribution in [0.3, 0.4) is 0 Å². The predicted molar refractivity (Wildman–Crippen MR) is 105 cm³/mol. The summed E-state index contributed by atoms with van der Waals surface area (Å²) in [4.78, 5) is 15.1. The van der Waals surface area contributed by atoms with Crippen molar-refractivity contribution in [2.45, 2.75) is 32.4 Å². The van der Waals surface area contributed by atoms with Crippen molar-refractivity contribution in [3.05, 3.63) is 64.2 Å². The standard InChI is InChI=1S/C21H25ClN2O2/c1-15-6-5-9-19(26-2)20(15)21(25)23-17-10-12-24(13-11-17)14-16-7-3-4-8-18(16)22/h3-9,17H,10-14H2,1-2H3,(H,23,25). The highest BCUT2D eigenvalue weighted by Crippen LogP contribution is 2.23. The largest absolute Gasteiger partial charge is 0.496 e. The third-order valence-electron chi connectivity index (χ3n) is 4.96. The number of methoxy groups -OCH3 is 1. The summed E-state index contributed by atoms with van der Waals surface area (Å²) in [5.41, 5.74) is 2.72. The zero-order chi connectivity index (χ0) is 18.5. The SMILES string of the molecule is COc1cccc(C)c1C(=O)NC1CCN(Cc2ccccc2Cl)CC1. The normalized spacial score (nSPS) is 15.7. The monoisotopic (exact) mass is 372 g/mol. The molecule has 0 aromatic heterocycles. The van der Waals surface area contributed by atoms with E-state index in [2.05, 4.69) is 16.3 Å². The predicted octanol–water partition coefficient (Wildman–Crippen LogP) is 4.05. The molecule has 1 fully saturated rings. The van der Waals surface area contributed by atoms with Crippen molar-refractivity contribution in [1.29, 1.82) is 0 Å². The quantitative estimate of drug-likeness (QED) is 0.860.